The van der Waals surface area contributed by atoms with Gasteiger partial charge in [-0.05, 0) is 90.4 Å². The highest BCUT2D eigenvalue weighted by Gasteiger charge is 2.46. The van der Waals surface area contributed by atoms with Crippen LogP contribution in [-0.2, 0) is 4.74 Å². The summed E-state index contributed by atoms with van der Waals surface area (Å²) in [5, 5.41) is 8.15. The van der Waals surface area contributed by atoms with Crippen LogP contribution in [-0.4, -0.2) is 14.2 Å². The topological polar surface area (TPSA) is 18.5 Å². The quantitative estimate of drug-likeness (QED) is 0.150. The van der Waals surface area contributed by atoms with Crippen molar-refractivity contribution < 1.29 is 9.47 Å². The summed E-state index contributed by atoms with van der Waals surface area (Å²) in [5.74, 6) is 1.98. The van der Waals surface area contributed by atoms with Crippen LogP contribution in [0.15, 0.2) is 156 Å². The molecule has 1 atom stereocenters. The number of hydrogen-bond acceptors (Lipinski definition) is 2. The molecule has 0 saturated heterocycles. The lowest BCUT2D eigenvalue weighted by atomic mass is 9.69. The summed E-state index contributed by atoms with van der Waals surface area (Å²) >= 11 is 0. The van der Waals surface area contributed by atoms with Crippen LogP contribution >= 0.6 is 15.8 Å². The summed E-state index contributed by atoms with van der Waals surface area (Å²) in [6, 6.07) is 48.9. The molecule has 232 valence electrons. The average Bonchev–Trinajstić information content (AvgIpc) is 3.07. The van der Waals surface area contributed by atoms with E-state index < -0.39 is 15.8 Å². The van der Waals surface area contributed by atoms with Crippen LogP contribution in [0, 0.1) is 12.3 Å². The maximum absolute atomic E-state index is 6.28. The van der Waals surface area contributed by atoms with Crippen LogP contribution in [0.3, 0.4) is 0 Å². The molecule has 0 fully saturated rings. The van der Waals surface area contributed by atoms with Gasteiger partial charge in [0.25, 0.3) is 0 Å². The minimum absolute atomic E-state index is 0.0274. The van der Waals surface area contributed by atoms with Crippen molar-refractivity contribution in [2.45, 2.75) is 33.6 Å². The predicted molar refractivity (Wildman–Crippen MR) is 200 cm³/mol. The molecule has 0 N–H and O–H groups in total. The summed E-state index contributed by atoms with van der Waals surface area (Å²) in [4.78, 5) is 0. The van der Waals surface area contributed by atoms with Crippen LogP contribution < -0.4 is 31.3 Å². The first-order valence-electron chi connectivity index (χ1n) is 15.8. The van der Waals surface area contributed by atoms with Crippen LogP contribution in [0.5, 0.6) is 5.75 Å². The van der Waals surface area contributed by atoms with Crippen LogP contribution in [0.1, 0.15) is 37.8 Å². The molecule has 4 heteroatoms. The Labute approximate surface area is 277 Å². The first kappa shape index (κ1) is 32.0. The minimum Gasteiger partial charge on any atom is -0.500 e. The predicted octanol–water partition coefficient (Wildman–Crippen LogP) is 8.82. The van der Waals surface area contributed by atoms with Gasteiger partial charge in [-0.3, -0.25) is 0 Å². The second-order valence-electron chi connectivity index (χ2n) is 12.3. The standard InChI is InChI=1S/C42H42O2P2/c1-30-27-38(45(32-19-11-7-12-20-32)33-21-13-8-14-22-33)36(29-37(30)43-5)40-39(28-31(2)41(44-6)42(40,3)4)46(34-23-15-9-16-24-34)35-25-17-10-18-26-35/h7-29,40H,1-6H3. The molecular formula is C42H42O2P2. The Hall–Kier alpha value is -3.96. The van der Waals surface area contributed by atoms with Crippen molar-refractivity contribution in [1.29, 1.82) is 0 Å². The Balaban J connectivity index is 1.69. The Morgan fingerprint density at radius 1 is 0.565 bits per heavy atom. The van der Waals surface area contributed by atoms with E-state index in [4.69, 9.17) is 9.47 Å². The molecule has 0 heterocycles. The maximum atomic E-state index is 6.28. The van der Waals surface area contributed by atoms with E-state index in [0.717, 1.165) is 17.1 Å². The van der Waals surface area contributed by atoms with E-state index in [1.54, 1.807) is 7.11 Å². The van der Waals surface area contributed by atoms with E-state index in [-0.39, 0.29) is 11.3 Å². The Kier molecular flexibility index (Phi) is 9.60. The fraction of sp³-hybridized carbons (Fsp3) is 0.190. The molecule has 1 unspecified atom stereocenters. The molecule has 0 spiro atoms. The largest absolute Gasteiger partial charge is 0.500 e. The first-order chi connectivity index (χ1) is 22.3. The van der Waals surface area contributed by atoms with Gasteiger partial charge < -0.3 is 9.47 Å². The molecule has 1 aliphatic carbocycles. The van der Waals surface area contributed by atoms with Gasteiger partial charge in [-0.2, -0.15) is 0 Å². The molecule has 6 rings (SSSR count). The van der Waals surface area contributed by atoms with Gasteiger partial charge in [-0.15, -0.1) is 0 Å². The van der Waals surface area contributed by atoms with Crippen molar-refractivity contribution in [2.24, 2.45) is 5.41 Å². The molecule has 0 saturated carbocycles. The highest BCUT2D eigenvalue weighted by atomic mass is 31.1. The van der Waals surface area contributed by atoms with Gasteiger partial charge in [0.15, 0.2) is 0 Å². The van der Waals surface area contributed by atoms with Gasteiger partial charge in [0.2, 0.25) is 0 Å². The van der Waals surface area contributed by atoms with E-state index >= 15 is 0 Å². The van der Waals surface area contributed by atoms with Crippen LogP contribution in [0.2, 0.25) is 0 Å². The van der Waals surface area contributed by atoms with E-state index in [0.29, 0.717) is 0 Å². The zero-order chi connectivity index (χ0) is 32.3. The Morgan fingerprint density at radius 3 is 1.41 bits per heavy atom. The number of methoxy groups -OCH3 is 2. The lowest BCUT2D eigenvalue weighted by molar-refractivity contribution is 0.174. The fourth-order valence-corrected chi connectivity index (χ4v) is 12.5. The molecule has 5 aromatic carbocycles. The lowest BCUT2D eigenvalue weighted by Gasteiger charge is -2.45. The van der Waals surface area contributed by atoms with E-state index in [1.807, 2.05) is 7.11 Å². The summed E-state index contributed by atoms with van der Waals surface area (Å²) in [5.41, 5.74) is 3.30. The van der Waals surface area contributed by atoms with Crippen molar-refractivity contribution in [2.75, 3.05) is 14.2 Å². The molecule has 0 amide bonds. The van der Waals surface area contributed by atoms with Crippen molar-refractivity contribution in [3.8, 4) is 5.75 Å². The summed E-state index contributed by atoms with van der Waals surface area (Å²) < 4.78 is 12.4. The second kappa shape index (κ2) is 13.8. The molecule has 0 bridgehead atoms. The highest BCUT2D eigenvalue weighted by molar-refractivity contribution is 7.80. The molecule has 0 radical (unpaired) electrons. The van der Waals surface area contributed by atoms with Crippen molar-refractivity contribution in [3.63, 3.8) is 0 Å². The summed E-state index contributed by atoms with van der Waals surface area (Å²) in [6.45, 7) is 9.10. The number of benzene rings is 5. The van der Waals surface area contributed by atoms with E-state index in [1.165, 1.54) is 43.0 Å². The molecular weight excluding hydrogens is 598 g/mol. The van der Waals surface area contributed by atoms with Crippen molar-refractivity contribution in [3.05, 3.63) is 167 Å². The molecule has 5 aromatic rings. The number of ether oxygens (including phenoxy) is 2. The van der Waals surface area contributed by atoms with Gasteiger partial charge in [-0.1, -0.05) is 141 Å². The monoisotopic (exact) mass is 640 g/mol. The van der Waals surface area contributed by atoms with E-state index in [9.17, 15) is 0 Å². The number of hydrogen-bond donors (Lipinski definition) is 0. The molecule has 0 aliphatic heterocycles. The lowest BCUT2D eigenvalue weighted by Crippen LogP contribution is -2.36. The number of rotatable bonds is 9. The average molecular weight is 641 g/mol. The fourth-order valence-electron chi connectivity index (χ4n) is 7.06. The van der Waals surface area contributed by atoms with Crippen molar-refractivity contribution >= 4 is 42.4 Å². The third kappa shape index (κ3) is 6.10. The van der Waals surface area contributed by atoms with E-state index in [2.05, 4.69) is 167 Å². The van der Waals surface area contributed by atoms with Gasteiger partial charge in [0, 0.05) is 11.3 Å². The summed E-state index contributed by atoms with van der Waals surface area (Å²) in [7, 11) is 1.87. The van der Waals surface area contributed by atoms with Gasteiger partial charge in [-0.25, -0.2) is 0 Å². The Morgan fingerprint density at radius 2 is 1.00 bits per heavy atom. The molecule has 1 aliphatic rings. The number of allylic oxidation sites excluding steroid dienone is 4. The van der Waals surface area contributed by atoms with Crippen LogP contribution in [0.4, 0.5) is 0 Å². The zero-order valence-electron chi connectivity index (χ0n) is 27.6. The minimum atomic E-state index is -0.876. The second-order valence-corrected chi connectivity index (χ2v) is 16.7. The SMILES string of the molecule is COC1=C(C)C=C(P(c2ccccc2)c2ccccc2)C(c2cc(OC)c(C)cc2P(c2ccccc2)c2ccccc2)C1(C)C. The van der Waals surface area contributed by atoms with Gasteiger partial charge in [0.1, 0.15) is 11.5 Å². The molecule has 2 nitrogen and oxygen atoms in total. The first-order valence-corrected chi connectivity index (χ1v) is 18.5. The van der Waals surface area contributed by atoms with Crippen molar-refractivity contribution in [1.82, 2.24) is 0 Å². The third-order valence-electron chi connectivity index (χ3n) is 8.94. The molecule has 0 aromatic heterocycles. The Bertz CT molecular complexity index is 1770. The normalized spacial score (nSPS) is 16.0. The zero-order valence-corrected chi connectivity index (χ0v) is 29.4. The molecule has 46 heavy (non-hydrogen) atoms. The smallest absolute Gasteiger partial charge is 0.122 e. The maximum Gasteiger partial charge on any atom is 0.122 e. The van der Waals surface area contributed by atoms with Gasteiger partial charge in [0.05, 0.1) is 14.2 Å². The highest BCUT2D eigenvalue weighted by Crippen LogP contribution is 2.61. The third-order valence-corrected chi connectivity index (χ3v) is 14.0. The van der Waals surface area contributed by atoms with Gasteiger partial charge >= 0.3 is 0 Å². The van der Waals surface area contributed by atoms with Crippen LogP contribution in [0.25, 0.3) is 0 Å². The summed E-state index contributed by atoms with van der Waals surface area (Å²) in [6.07, 6.45) is 2.43. The number of aryl methyl sites for hydroxylation is 1.